The highest BCUT2D eigenvalue weighted by Gasteiger charge is 2.42. The van der Waals surface area contributed by atoms with Crippen molar-refractivity contribution in [3.8, 4) is 0 Å². The van der Waals surface area contributed by atoms with E-state index in [1.807, 2.05) is 0 Å². The van der Waals surface area contributed by atoms with Crippen LogP contribution in [0.1, 0.15) is 29.7 Å². The highest BCUT2D eigenvalue weighted by Crippen LogP contribution is 2.48. The largest absolute Gasteiger partial charge is 0.409 e. The lowest BCUT2D eigenvalue weighted by Gasteiger charge is -2.14. The van der Waals surface area contributed by atoms with Gasteiger partial charge < -0.3 is 16.3 Å². The molecule has 0 radical (unpaired) electrons. The third-order valence-corrected chi connectivity index (χ3v) is 4.42. The molecule has 0 unspecified atom stereocenters. The summed E-state index contributed by atoms with van der Waals surface area (Å²) < 4.78 is 0. The first-order valence-electron chi connectivity index (χ1n) is 5.85. The summed E-state index contributed by atoms with van der Waals surface area (Å²) in [5.74, 6) is 0.344. The topological polar surface area (TPSA) is 70.6 Å². The average Bonchev–Trinajstić information content (AvgIpc) is 2.95. The van der Waals surface area contributed by atoms with E-state index in [9.17, 15) is 0 Å². The number of hydrogen-bond donors (Lipinski definition) is 3. The zero-order chi connectivity index (χ0) is 12.3. The van der Waals surface area contributed by atoms with Crippen LogP contribution in [0.5, 0.6) is 0 Å². The molecule has 1 fully saturated rings. The molecule has 2 rings (SSSR count). The Labute approximate surface area is 106 Å². The molecular weight excluding hydrogens is 234 g/mol. The molecule has 0 amide bonds. The van der Waals surface area contributed by atoms with Crippen LogP contribution >= 0.6 is 11.3 Å². The van der Waals surface area contributed by atoms with E-state index in [1.54, 1.807) is 11.3 Å². The van der Waals surface area contributed by atoms with Gasteiger partial charge in [-0.05, 0) is 42.2 Å². The van der Waals surface area contributed by atoms with Crippen LogP contribution in [-0.2, 0) is 6.54 Å². The molecule has 94 valence electrons. The van der Waals surface area contributed by atoms with Gasteiger partial charge in [0.1, 0.15) is 5.84 Å². The van der Waals surface area contributed by atoms with E-state index in [0.29, 0.717) is 12.3 Å². The molecule has 1 saturated carbocycles. The molecule has 1 heterocycles. The van der Waals surface area contributed by atoms with Gasteiger partial charge in [-0.15, -0.1) is 11.3 Å². The van der Waals surface area contributed by atoms with Gasteiger partial charge in [-0.1, -0.05) is 5.16 Å². The molecule has 4 nitrogen and oxygen atoms in total. The van der Waals surface area contributed by atoms with Crippen LogP contribution in [0, 0.1) is 12.3 Å². The summed E-state index contributed by atoms with van der Waals surface area (Å²) in [6, 6.07) is 2.14. The summed E-state index contributed by atoms with van der Waals surface area (Å²) in [5.41, 5.74) is 7.15. The van der Waals surface area contributed by atoms with Crippen molar-refractivity contribution in [2.75, 3.05) is 6.54 Å². The number of nitrogens with one attached hydrogen (secondary N) is 1. The van der Waals surface area contributed by atoms with E-state index in [2.05, 4.69) is 28.8 Å². The van der Waals surface area contributed by atoms with Gasteiger partial charge in [0.25, 0.3) is 0 Å². The molecular formula is C12H19N3OS. The van der Waals surface area contributed by atoms with Gasteiger partial charge in [-0.2, -0.15) is 0 Å². The Morgan fingerprint density at radius 2 is 2.41 bits per heavy atom. The molecule has 17 heavy (non-hydrogen) atoms. The maximum atomic E-state index is 8.58. The number of rotatable bonds is 6. The van der Waals surface area contributed by atoms with E-state index in [4.69, 9.17) is 10.9 Å². The molecule has 4 N–H and O–H groups in total. The molecule has 0 atom stereocenters. The lowest BCUT2D eigenvalue weighted by atomic mass is 10.0. The first kappa shape index (κ1) is 12.4. The van der Waals surface area contributed by atoms with Crippen molar-refractivity contribution in [2.24, 2.45) is 16.3 Å². The minimum atomic E-state index is 0.238. The Morgan fingerprint density at radius 3 is 2.94 bits per heavy atom. The lowest BCUT2D eigenvalue weighted by Crippen LogP contribution is -2.28. The number of nitrogens with zero attached hydrogens (tertiary/aromatic N) is 1. The molecule has 1 aromatic heterocycles. The molecule has 5 heteroatoms. The number of amidine groups is 1. The summed E-state index contributed by atoms with van der Waals surface area (Å²) in [6.07, 6.45) is 3.03. The van der Waals surface area contributed by atoms with Crippen LogP contribution in [-0.4, -0.2) is 17.6 Å². The quantitative estimate of drug-likeness (QED) is 0.314. The van der Waals surface area contributed by atoms with Crippen molar-refractivity contribution in [1.82, 2.24) is 5.32 Å². The first-order valence-corrected chi connectivity index (χ1v) is 6.73. The smallest absolute Gasteiger partial charge is 0.139 e. The van der Waals surface area contributed by atoms with Crippen LogP contribution in [0.25, 0.3) is 0 Å². The van der Waals surface area contributed by atoms with Crippen molar-refractivity contribution >= 4 is 17.2 Å². The number of aryl methyl sites for hydroxylation is 1. The van der Waals surface area contributed by atoms with Crippen molar-refractivity contribution in [3.63, 3.8) is 0 Å². The summed E-state index contributed by atoms with van der Waals surface area (Å²) in [5, 5.41) is 17.2. The lowest BCUT2D eigenvalue weighted by molar-refractivity contribution is 0.314. The van der Waals surface area contributed by atoms with E-state index >= 15 is 0 Å². The minimum Gasteiger partial charge on any atom is -0.409 e. The molecule has 1 aliphatic carbocycles. The Kier molecular flexibility index (Phi) is 3.69. The highest BCUT2D eigenvalue weighted by molar-refractivity contribution is 7.10. The number of hydrogen-bond acceptors (Lipinski definition) is 4. The summed E-state index contributed by atoms with van der Waals surface area (Å²) in [7, 11) is 0. The molecule has 1 aromatic rings. The van der Waals surface area contributed by atoms with Gasteiger partial charge in [0.2, 0.25) is 0 Å². The molecule has 0 spiro atoms. The SMILES string of the molecule is Cc1ccsc1CNCC1(CC(N)=NO)CC1. The second-order valence-corrected chi connectivity index (χ2v) is 5.90. The van der Waals surface area contributed by atoms with Crippen LogP contribution in [0.15, 0.2) is 16.6 Å². The van der Waals surface area contributed by atoms with Gasteiger partial charge in [-0.25, -0.2) is 0 Å². The van der Waals surface area contributed by atoms with Crippen molar-refractivity contribution in [2.45, 2.75) is 32.7 Å². The highest BCUT2D eigenvalue weighted by atomic mass is 32.1. The number of thiophene rings is 1. The zero-order valence-electron chi connectivity index (χ0n) is 10.1. The predicted molar refractivity (Wildman–Crippen MR) is 70.5 cm³/mol. The predicted octanol–water partition coefficient (Wildman–Crippen LogP) is 2.06. The van der Waals surface area contributed by atoms with Crippen LogP contribution < -0.4 is 11.1 Å². The van der Waals surface area contributed by atoms with E-state index in [0.717, 1.165) is 13.1 Å². The van der Waals surface area contributed by atoms with Crippen LogP contribution in [0.3, 0.4) is 0 Å². The van der Waals surface area contributed by atoms with Crippen LogP contribution in [0.4, 0.5) is 0 Å². The van der Waals surface area contributed by atoms with Gasteiger partial charge in [0, 0.05) is 24.4 Å². The normalized spacial score (nSPS) is 18.3. The second kappa shape index (κ2) is 5.06. The summed E-state index contributed by atoms with van der Waals surface area (Å²) in [6.45, 7) is 4.00. The Hall–Kier alpha value is -1.07. The summed E-state index contributed by atoms with van der Waals surface area (Å²) >= 11 is 1.79. The number of oxime groups is 1. The molecule has 0 bridgehead atoms. The fourth-order valence-electron chi connectivity index (χ4n) is 2.04. The summed E-state index contributed by atoms with van der Waals surface area (Å²) in [4.78, 5) is 1.39. The fraction of sp³-hybridized carbons (Fsp3) is 0.583. The second-order valence-electron chi connectivity index (χ2n) is 4.90. The van der Waals surface area contributed by atoms with Gasteiger partial charge >= 0.3 is 0 Å². The van der Waals surface area contributed by atoms with Gasteiger partial charge in [0.15, 0.2) is 0 Å². The Balaban J connectivity index is 1.77. The van der Waals surface area contributed by atoms with Gasteiger partial charge in [-0.3, -0.25) is 0 Å². The maximum Gasteiger partial charge on any atom is 0.139 e. The van der Waals surface area contributed by atoms with Crippen molar-refractivity contribution in [1.29, 1.82) is 0 Å². The Morgan fingerprint density at radius 1 is 1.65 bits per heavy atom. The molecule has 0 aromatic carbocycles. The van der Waals surface area contributed by atoms with E-state index < -0.39 is 0 Å². The van der Waals surface area contributed by atoms with Crippen molar-refractivity contribution < 1.29 is 5.21 Å². The third kappa shape index (κ3) is 3.20. The minimum absolute atomic E-state index is 0.238. The van der Waals surface area contributed by atoms with Gasteiger partial charge in [0.05, 0.1) is 0 Å². The first-order chi connectivity index (χ1) is 8.15. The third-order valence-electron chi connectivity index (χ3n) is 3.40. The zero-order valence-corrected chi connectivity index (χ0v) is 10.9. The maximum absolute atomic E-state index is 8.58. The van der Waals surface area contributed by atoms with E-state index in [1.165, 1.54) is 23.3 Å². The molecule has 1 aliphatic rings. The van der Waals surface area contributed by atoms with Crippen LogP contribution in [0.2, 0.25) is 0 Å². The Bertz CT molecular complexity index is 410. The average molecular weight is 253 g/mol. The molecule has 0 aliphatic heterocycles. The number of nitrogens with two attached hydrogens (primary N) is 1. The monoisotopic (exact) mass is 253 g/mol. The standard InChI is InChI=1S/C12H19N3OS/c1-9-2-5-17-10(9)7-14-8-12(3-4-12)6-11(13)15-16/h2,5,14,16H,3-4,6-8H2,1H3,(H2,13,15). The fourth-order valence-corrected chi connectivity index (χ4v) is 2.91. The van der Waals surface area contributed by atoms with Crippen molar-refractivity contribution in [3.05, 3.63) is 21.9 Å². The van der Waals surface area contributed by atoms with E-state index in [-0.39, 0.29) is 5.41 Å². The molecule has 0 saturated heterocycles.